The fraction of sp³-hybridized carbons (Fsp3) is 0.333. The van der Waals surface area contributed by atoms with Gasteiger partial charge in [0.1, 0.15) is 0 Å². The molecule has 0 bridgehead atoms. The predicted octanol–water partition coefficient (Wildman–Crippen LogP) is 0.00420. The van der Waals surface area contributed by atoms with Gasteiger partial charge in [-0.05, 0) is 19.1 Å². The molecule has 1 aliphatic rings. The molecule has 0 spiro atoms. The van der Waals surface area contributed by atoms with Crippen LogP contribution in [0, 0.1) is 0 Å². The summed E-state index contributed by atoms with van der Waals surface area (Å²) < 4.78 is 1.61. The maximum absolute atomic E-state index is 11.3. The second-order valence-corrected chi connectivity index (χ2v) is 4.99. The molecular weight excluding hydrogens is 232 g/mol. The van der Waals surface area contributed by atoms with Crippen molar-refractivity contribution in [1.82, 2.24) is 9.61 Å². The quantitative estimate of drug-likeness (QED) is 0.781. The second kappa shape index (κ2) is 3.46. The maximum Gasteiger partial charge on any atom is 0.252 e. The molecule has 3 heterocycles. The van der Waals surface area contributed by atoms with E-state index in [0.29, 0.717) is 24.2 Å². The summed E-state index contributed by atoms with van der Waals surface area (Å²) in [5.74, 6) is -0.488. The Kier molecular flexibility index (Phi) is 2.12. The smallest absolute Gasteiger partial charge is 0.252 e. The molecule has 1 fully saturated rings. The van der Waals surface area contributed by atoms with E-state index in [1.165, 1.54) is 6.20 Å². The fourth-order valence-corrected chi connectivity index (χ4v) is 2.31. The van der Waals surface area contributed by atoms with Crippen molar-refractivity contribution in [2.24, 2.45) is 5.73 Å². The van der Waals surface area contributed by atoms with Gasteiger partial charge in [0.05, 0.1) is 22.9 Å². The molecule has 6 nitrogen and oxygen atoms in total. The van der Waals surface area contributed by atoms with Gasteiger partial charge in [-0.25, -0.2) is 4.52 Å². The number of β-amino-alcohol motifs (C(OH)–C–C–N with tert-alkyl or cyclic N) is 1. The Balaban J connectivity index is 2.00. The number of aliphatic hydroxyl groups is 1. The van der Waals surface area contributed by atoms with Crippen LogP contribution < -0.4 is 10.6 Å². The second-order valence-electron chi connectivity index (χ2n) is 4.99. The van der Waals surface area contributed by atoms with Crippen LogP contribution in [0.15, 0.2) is 24.5 Å². The lowest BCUT2D eigenvalue weighted by atomic mass is 9.96. The van der Waals surface area contributed by atoms with Crippen LogP contribution in [0.3, 0.4) is 0 Å². The van der Waals surface area contributed by atoms with Crippen LogP contribution >= 0.6 is 0 Å². The SMILES string of the molecule is CC1(O)CN(c2ccn3ncc(C(N)=O)c3c2)C1. The average Bonchev–Trinajstić information content (AvgIpc) is 2.68. The number of pyridine rings is 1. The number of carbonyl (C=O) groups excluding carboxylic acids is 1. The highest BCUT2D eigenvalue weighted by atomic mass is 16.3. The average molecular weight is 246 g/mol. The first-order valence-corrected chi connectivity index (χ1v) is 5.71. The predicted molar refractivity (Wildman–Crippen MR) is 66.5 cm³/mol. The fourth-order valence-electron chi connectivity index (χ4n) is 2.31. The number of anilines is 1. The van der Waals surface area contributed by atoms with Crippen LogP contribution in [-0.2, 0) is 0 Å². The molecule has 0 aromatic carbocycles. The van der Waals surface area contributed by atoms with E-state index in [-0.39, 0.29) is 0 Å². The highest BCUT2D eigenvalue weighted by molar-refractivity contribution is 5.99. The minimum atomic E-state index is -0.626. The Morgan fingerprint density at radius 2 is 2.28 bits per heavy atom. The van der Waals surface area contributed by atoms with E-state index >= 15 is 0 Å². The summed E-state index contributed by atoms with van der Waals surface area (Å²) in [5.41, 5.74) is 6.72. The molecule has 0 atom stereocenters. The number of amides is 1. The van der Waals surface area contributed by atoms with Crippen molar-refractivity contribution in [2.75, 3.05) is 18.0 Å². The molecule has 3 rings (SSSR count). The Bertz CT molecular complexity index is 624. The third kappa shape index (κ3) is 1.62. The number of aromatic nitrogens is 2. The van der Waals surface area contributed by atoms with Gasteiger partial charge >= 0.3 is 0 Å². The normalized spacial score (nSPS) is 17.8. The minimum Gasteiger partial charge on any atom is -0.386 e. The lowest BCUT2D eigenvalue weighted by molar-refractivity contribution is 0.0310. The molecule has 18 heavy (non-hydrogen) atoms. The zero-order valence-corrected chi connectivity index (χ0v) is 10.00. The Morgan fingerprint density at radius 1 is 1.56 bits per heavy atom. The number of hydrogen-bond acceptors (Lipinski definition) is 4. The Labute approximate surface area is 104 Å². The largest absolute Gasteiger partial charge is 0.386 e. The van der Waals surface area contributed by atoms with Crippen molar-refractivity contribution in [2.45, 2.75) is 12.5 Å². The first kappa shape index (κ1) is 11.0. The molecule has 0 radical (unpaired) electrons. The Morgan fingerprint density at radius 3 is 2.89 bits per heavy atom. The molecule has 1 saturated heterocycles. The van der Waals surface area contributed by atoms with Gasteiger partial charge in [0, 0.05) is 25.0 Å². The van der Waals surface area contributed by atoms with Crippen molar-refractivity contribution in [1.29, 1.82) is 0 Å². The number of fused-ring (bicyclic) bond motifs is 1. The van der Waals surface area contributed by atoms with Crippen LogP contribution in [0.25, 0.3) is 5.52 Å². The van der Waals surface area contributed by atoms with Crippen molar-refractivity contribution < 1.29 is 9.90 Å². The first-order chi connectivity index (χ1) is 8.46. The summed E-state index contributed by atoms with van der Waals surface area (Å²) in [7, 11) is 0. The Hall–Kier alpha value is -2.08. The van der Waals surface area contributed by atoms with E-state index in [9.17, 15) is 9.90 Å². The van der Waals surface area contributed by atoms with E-state index in [2.05, 4.69) is 5.10 Å². The van der Waals surface area contributed by atoms with E-state index in [0.717, 1.165) is 5.69 Å². The van der Waals surface area contributed by atoms with Crippen molar-refractivity contribution in [3.63, 3.8) is 0 Å². The molecule has 1 aliphatic heterocycles. The van der Waals surface area contributed by atoms with Crippen molar-refractivity contribution in [3.05, 3.63) is 30.1 Å². The molecule has 6 heteroatoms. The molecule has 94 valence electrons. The van der Waals surface area contributed by atoms with Gasteiger partial charge in [0.25, 0.3) is 5.91 Å². The van der Waals surface area contributed by atoms with Gasteiger partial charge in [0.2, 0.25) is 0 Å². The molecule has 2 aromatic heterocycles. The number of rotatable bonds is 2. The van der Waals surface area contributed by atoms with Gasteiger partial charge < -0.3 is 15.7 Å². The summed E-state index contributed by atoms with van der Waals surface area (Å²) in [4.78, 5) is 13.3. The molecule has 3 N–H and O–H groups in total. The number of carbonyl (C=O) groups is 1. The standard InChI is InChI=1S/C12H14N4O2/c1-12(18)6-15(7-12)8-2-3-16-10(4-8)9(5-14-16)11(13)17/h2-5,18H,6-7H2,1H3,(H2,13,17). The monoisotopic (exact) mass is 246 g/mol. The van der Waals surface area contributed by atoms with E-state index < -0.39 is 11.5 Å². The van der Waals surface area contributed by atoms with Crippen LogP contribution in [0.5, 0.6) is 0 Å². The van der Waals surface area contributed by atoms with Crippen molar-refractivity contribution in [3.8, 4) is 0 Å². The molecule has 0 saturated carbocycles. The van der Waals surface area contributed by atoms with E-state index in [1.54, 1.807) is 17.6 Å². The third-order valence-corrected chi connectivity index (χ3v) is 3.20. The minimum absolute atomic E-state index is 0.407. The molecule has 0 aliphatic carbocycles. The van der Waals surface area contributed by atoms with Crippen LogP contribution in [0.4, 0.5) is 5.69 Å². The number of nitrogens with zero attached hydrogens (tertiary/aromatic N) is 3. The molecule has 0 unspecified atom stereocenters. The number of hydrogen-bond donors (Lipinski definition) is 2. The lowest BCUT2D eigenvalue weighted by Crippen LogP contribution is -2.60. The van der Waals surface area contributed by atoms with Crippen LogP contribution in [-0.4, -0.2) is 39.3 Å². The first-order valence-electron chi connectivity index (χ1n) is 5.71. The lowest BCUT2D eigenvalue weighted by Gasteiger charge is -2.45. The molecule has 2 aromatic rings. The number of nitrogens with two attached hydrogens (primary N) is 1. The molecule has 1 amide bonds. The highest BCUT2D eigenvalue weighted by Crippen LogP contribution is 2.28. The maximum atomic E-state index is 11.3. The van der Waals surface area contributed by atoms with Gasteiger partial charge in [-0.15, -0.1) is 0 Å². The van der Waals surface area contributed by atoms with Gasteiger partial charge in [0.15, 0.2) is 0 Å². The molecular formula is C12H14N4O2. The van der Waals surface area contributed by atoms with E-state index in [1.807, 2.05) is 17.0 Å². The van der Waals surface area contributed by atoms with E-state index in [4.69, 9.17) is 5.73 Å². The van der Waals surface area contributed by atoms with Crippen LogP contribution in [0.1, 0.15) is 17.3 Å². The summed E-state index contributed by atoms with van der Waals surface area (Å²) in [6.07, 6.45) is 3.25. The number of primary amides is 1. The van der Waals surface area contributed by atoms with Gasteiger partial charge in [-0.1, -0.05) is 0 Å². The third-order valence-electron chi connectivity index (χ3n) is 3.20. The van der Waals surface area contributed by atoms with Gasteiger partial charge in [-0.2, -0.15) is 5.10 Å². The zero-order valence-electron chi connectivity index (χ0n) is 10.00. The highest BCUT2D eigenvalue weighted by Gasteiger charge is 2.36. The summed E-state index contributed by atoms with van der Waals surface area (Å²) >= 11 is 0. The zero-order chi connectivity index (χ0) is 12.9. The van der Waals surface area contributed by atoms with Crippen LogP contribution in [0.2, 0.25) is 0 Å². The topological polar surface area (TPSA) is 83.9 Å². The summed E-state index contributed by atoms with van der Waals surface area (Å²) in [6, 6.07) is 3.77. The summed E-state index contributed by atoms with van der Waals surface area (Å²) in [6.45, 7) is 2.97. The van der Waals surface area contributed by atoms with Crippen molar-refractivity contribution >= 4 is 17.1 Å². The summed E-state index contributed by atoms with van der Waals surface area (Å²) in [5, 5.41) is 13.8. The van der Waals surface area contributed by atoms with Gasteiger partial charge in [-0.3, -0.25) is 4.79 Å².